The number of nitrogens with one attached hydrogen (secondary N) is 1. The average molecular weight is 283 g/mol. The third kappa shape index (κ3) is 8.54. The fourth-order valence-corrected chi connectivity index (χ4v) is 2.81. The monoisotopic (exact) mass is 283 g/mol. The lowest BCUT2D eigenvalue weighted by Gasteiger charge is -2.29. The number of nitrogens with zero attached hydrogens (tertiary/aromatic N) is 1. The molecule has 1 rings (SSSR count). The van der Waals surface area contributed by atoms with Crippen LogP contribution in [-0.2, 0) is 4.79 Å². The molecular formula is C16H33N3O. The molecule has 3 N–H and O–H groups in total. The fourth-order valence-electron chi connectivity index (χ4n) is 2.81. The molecule has 0 radical (unpaired) electrons. The highest BCUT2D eigenvalue weighted by Gasteiger charge is 2.13. The summed E-state index contributed by atoms with van der Waals surface area (Å²) in [4.78, 5) is 14.3. The summed E-state index contributed by atoms with van der Waals surface area (Å²) in [7, 11) is 0. The van der Waals surface area contributed by atoms with Crippen molar-refractivity contribution >= 4 is 5.91 Å². The minimum Gasteiger partial charge on any atom is -0.356 e. The molecule has 1 aliphatic heterocycles. The van der Waals surface area contributed by atoms with Crippen LogP contribution in [0, 0.1) is 5.92 Å². The van der Waals surface area contributed by atoms with Gasteiger partial charge in [-0.25, -0.2) is 0 Å². The summed E-state index contributed by atoms with van der Waals surface area (Å²) < 4.78 is 0. The molecule has 0 aromatic carbocycles. The molecule has 4 nitrogen and oxygen atoms in total. The Hall–Kier alpha value is -0.610. The van der Waals surface area contributed by atoms with Crippen molar-refractivity contribution in [1.82, 2.24) is 10.2 Å². The Kier molecular flexibility index (Phi) is 9.67. The molecule has 0 aliphatic carbocycles. The van der Waals surface area contributed by atoms with Gasteiger partial charge in [-0.1, -0.05) is 26.2 Å². The molecule has 1 saturated heterocycles. The van der Waals surface area contributed by atoms with Gasteiger partial charge in [0.1, 0.15) is 0 Å². The maximum Gasteiger partial charge on any atom is 0.220 e. The Bertz CT molecular complexity index is 252. The summed E-state index contributed by atoms with van der Waals surface area (Å²) in [5, 5.41) is 3.07. The molecule has 20 heavy (non-hydrogen) atoms. The Morgan fingerprint density at radius 1 is 1.15 bits per heavy atom. The SMILES string of the molecule is CC(CNC(=O)CCCCCCN)CN1CCCCC1. The number of rotatable bonds is 10. The van der Waals surface area contributed by atoms with E-state index in [4.69, 9.17) is 5.73 Å². The molecule has 0 aromatic rings. The van der Waals surface area contributed by atoms with Crippen LogP contribution in [0.1, 0.15) is 58.3 Å². The van der Waals surface area contributed by atoms with Crippen LogP contribution in [0.2, 0.25) is 0 Å². The largest absolute Gasteiger partial charge is 0.356 e. The quantitative estimate of drug-likeness (QED) is 0.604. The summed E-state index contributed by atoms with van der Waals surface area (Å²) >= 11 is 0. The summed E-state index contributed by atoms with van der Waals surface area (Å²) in [5.41, 5.74) is 5.45. The second-order valence-electron chi connectivity index (χ2n) is 6.22. The number of hydrogen-bond acceptors (Lipinski definition) is 3. The minimum absolute atomic E-state index is 0.211. The average Bonchev–Trinajstić information content (AvgIpc) is 2.46. The predicted molar refractivity (Wildman–Crippen MR) is 84.6 cm³/mol. The normalized spacial score (nSPS) is 17.9. The standard InChI is InChI=1S/C16H33N3O/c1-15(14-19-11-7-4-8-12-19)13-18-16(20)9-5-2-3-6-10-17/h15H,2-14,17H2,1H3,(H,18,20). The maximum absolute atomic E-state index is 11.7. The van der Waals surface area contributed by atoms with E-state index in [1.54, 1.807) is 0 Å². The molecule has 118 valence electrons. The maximum atomic E-state index is 11.7. The van der Waals surface area contributed by atoms with Crippen molar-refractivity contribution < 1.29 is 4.79 Å². The first kappa shape index (κ1) is 17.4. The van der Waals surface area contributed by atoms with Crippen LogP contribution >= 0.6 is 0 Å². The lowest BCUT2D eigenvalue weighted by Crippen LogP contribution is -2.38. The van der Waals surface area contributed by atoms with E-state index in [0.717, 1.165) is 45.3 Å². The van der Waals surface area contributed by atoms with E-state index < -0.39 is 0 Å². The minimum atomic E-state index is 0.211. The summed E-state index contributed by atoms with van der Waals surface area (Å²) in [6, 6.07) is 0. The van der Waals surface area contributed by atoms with Gasteiger partial charge in [0.15, 0.2) is 0 Å². The summed E-state index contributed by atoms with van der Waals surface area (Å²) in [6.07, 6.45) is 9.06. The van der Waals surface area contributed by atoms with Crippen molar-refractivity contribution in [2.24, 2.45) is 11.7 Å². The van der Waals surface area contributed by atoms with Gasteiger partial charge >= 0.3 is 0 Å². The number of carbonyl (C=O) groups excluding carboxylic acids is 1. The van der Waals surface area contributed by atoms with Crippen LogP contribution in [0.25, 0.3) is 0 Å². The van der Waals surface area contributed by atoms with Crippen LogP contribution in [0.4, 0.5) is 0 Å². The Balaban J connectivity index is 1.98. The first-order valence-corrected chi connectivity index (χ1v) is 8.41. The number of likely N-dealkylation sites (tertiary alicyclic amines) is 1. The van der Waals surface area contributed by atoms with Gasteiger partial charge in [-0.2, -0.15) is 0 Å². The number of carbonyl (C=O) groups is 1. The first-order valence-electron chi connectivity index (χ1n) is 8.41. The summed E-state index contributed by atoms with van der Waals surface area (Å²) in [6.45, 7) is 7.41. The van der Waals surface area contributed by atoms with E-state index in [1.807, 2.05) is 0 Å². The van der Waals surface area contributed by atoms with Crippen LogP contribution in [-0.4, -0.2) is 43.5 Å². The molecular weight excluding hydrogens is 250 g/mol. The third-order valence-corrected chi connectivity index (χ3v) is 4.02. The van der Waals surface area contributed by atoms with Crippen molar-refractivity contribution in [3.63, 3.8) is 0 Å². The fraction of sp³-hybridized carbons (Fsp3) is 0.938. The zero-order valence-corrected chi connectivity index (χ0v) is 13.2. The highest BCUT2D eigenvalue weighted by Crippen LogP contribution is 2.10. The molecule has 0 spiro atoms. The van der Waals surface area contributed by atoms with E-state index in [9.17, 15) is 4.79 Å². The van der Waals surface area contributed by atoms with E-state index in [-0.39, 0.29) is 5.91 Å². The first-order chi connectivity index (χ1) is 9.72. The number of hydrogen-bond donors (Lipinski definition) is 2. The lowest BCUT2D eigenvalue weighted by atomic mass is 10.1. The van der Waals surface area contributed by atoms with Crippen molar-refractivity contribution in [1.29, 1.82) is 0 Å². The smallest absolute Gasteiger partial charge is 0.220 e. The predicted octanol–water partition coefficient (Wildman–Crippen LogP) is 2.13. The van der Waals surface area contributed by atoms with Gasteiger partial charge < -0.3 is 16.0 Å². The van der Waals surface area contributed by atoms with Gasteiger partial charge in [0.05, 0.1) is 0 Å². The van der Waals surface area contributed by atoms with Gasteiger partial charge in [0, 0.05) is 19.5 Å². The highest BCUT2D eigenvalue weighted by atomic mass is 16.1. The topological polar surface area (TPSA) is 58.4 Å². The molecule has 1 aliphatic rings. The van der Waals surface area contributed by atoms with Gasteiger partial charge in [0.2, 0.25) is 5.91 Å². The molecule has 1 amide bonds. The zero-order chi connectivity index (χ0) is 14.6. The second kappa shape index (κ2) is 11.1. The Morgan fingerprint density at radius 2 is 1.85 bits per heavy atom. The lowest BCUT2D eigenvalue weighted by molar-refractivity contribution is -0.121. The number of amides is 1. The molecule has 4 heteroatoms. The second-order valence-corrected chi connectivity index (χ2v) is 6.22. The van der Waals surface area contributed by atoms with E-state index in [2.05, 4.69) is 17.1 Å². The van der Waals surface area contributed by atoms with Gasteiger partial charge in [-0.3, -0.25) is 4.79 Å². The summed E-state index contributed by atoms with van der Waals surface area (Å²) in [5.74, 6) is 0.762. The van der Waals surface area contributed by atoms with Crippen LogP contribution in [0.15, 0.2) is 0 Å². The van der Waals surface area contributed by atoms with Crippen LogP contribution in [0.5, 0.6) is 0 Å². The highest BCUT2D eigenvalue weighted by molar-refractivity contribution is 5.75. The molecule has 0 bridgehead atoms. The molecule has 0 saturated carbocycles. The van der Waals surface area contributed by atoms with E-state index in [0.29, 0.717) is 12.3 Å². The number of unbranched alkanes of at least 4 members (excludes halogenated alkanes) is 3. The van der Waals surface area contributed by atoms with Crippen LogP contribution < -0.4 is 11.1 Å². The zero-order valence-electron chi connectivity index (χ0n) is 13.2. The van der Waals surface area contributed by atoms with Gasteiger partial charge in [-0.15, -0.1) is 0 Å². The van der Waals surface area contributed by atoms with Crippen molar-refractivity contribution in [2.75, 3.05) is 32.7 Å². The molecule has 1 unspecified atom stereocenters. The number of piperidine rings is 1. The third-order valence-electron chi connectivity index (χ3n) is 4.02. The van der Waals surface area contributed by atoms with Crippen molar-refractivity contribution in [2.45, 2.75) is 58.3 Å². The molecule has 1 heterocycles. The molecule has 1 atom stereocenters. The van der Waals surface area contributed by atoms with Crippen molar-refractivity contribution in [3.8, 4) is 0 Å². The van der Waals surface area contributed by atoms with Crippen molar-refractivity contribution in [3.05, 3.63) is 0 Å². The van der Waals surface area contributed by atoms with Gasteiger partial charge in [-0.05, 0) is 51.2 Å². The van der Waals surface area contributed by atoms with E-state index in [1.165, 1.54) is 32.4 Å². The Labute approximate surface area is 124 Å². The number of nitrogens with two attached hydrogens (primary N) is 1. The Morgan fingerprint density at radius 3 is 2.55 bits per heavy atom. The molecule has 1 fully saturated rings. The van der Waals surface area contributed by atoms with Crippen LogP contribution in [0.3, 0.4) is 0 Å². The molecule has 0 aromatic heterocycles. The van der Waals surface area contributed by atoms with E-state index >= 15 is 0 Å². The van der Waals surface area contributed by atoms with Gasteiger partial charge in [0.25, 0.3) is 0 Å².